The third-order valence-electron chi connectivity index (χ3n) is 3.07. The molecular formula is C17H16N2O4S. The summed E-state index contributed by atoms with van der Waals surface area (Å²) < 4.78 is 32.6. The molecule has 6 nitrogen and oxygen atoms in total. The molecule has 0 aromatic heterocycles. The van der Waals surface area contributed by atoms with E-state index in [0.29, 0.717) is 17.0 Å². The molecular weight excluding hydrogens is 328 g/mol. The summed E-state index contributed by atoms with van der Waals surface area (Å²) in [6.07, 6.45) is 5.31. The molecule has 1 amide bonds. The van der Waals surface area contributed by atoms with Crippen LogP contribution in [0, 0.1) is 12.3 Å². The van der Waals surface area contributed by atoms with Crippen molar-refractivity contribution in [3.05, 3.63) is 48.0 Å². The van der Waals surface area contributed by atoms with Crippen LogP contribution in [0.3, 0.4) is 0 Å². The first-order valence-corrected chi connectivity index (χ1v) is 8.39. The fourth-order valence-corrected chi connectivity index (χ4v) is 3.10. The van der Waals surface area contributed by atoms with Crippen molar-refractivity contribution >= 4 is 27.3 Å². The summed E-state index contributed by atoms with van der Waals surface area (Å²) in [6.45, 7) is 1.32. The van der Waals surface area contributed by atoms with Gasteiger partial charge in [0.15, 0.2) is 0 Å². The molecule has 0 aliphatic carbocycles. The Kier molecular flexibility index (Phi) is 5.11. The normalized spacial score (nSPS) is 10.5. The van der Waals surface area contributed by atoms with Gasteiger partial charge in [-0.05, 0) is 36.4 Å². The summed E-state index contributed by atoms with van der Waals surface area (Å²) in [5, 5.41) is 2.54. The van der Waals surface area contributed by atoms with E-state index >= 15 is 0 Å². The predicted molar refractivity (Wildman–Crippen MR) is 92.5 cm³/mol. The molecule has 0 heterocycles. The van der Waals surface area contributed by atoms with Gasteiger partial charge >= 0.3 is 0 Å². The van der Waals surface area contributed by atoms with Crippen LogP contribution in [-0.2, 0) is 14.8 Å². The smallest absolute Gasteiger partial charge is 0.261 e. The van der Waals surface area contributed by atoms with E-state index in [0.717, 1.165) is 0 Å². The minimum Gasteiger partial charge on any atom is -0.495 e. The Balaban J connectivity index is 2.38. The highest BCUT2D eigenvalue weighted by Crippen LogP contribution is 2.28. The number of ether oxygens (including phenoxy) is 1. The van der Waals surface area contributed by atoms with Gasteiger partial charge in [-0.15, -0.1) is 6.42 Å². The van der Waals surface area contributed by atoms with Gasteiger partial charge in [-0.1, -0.05) is 12.0 Å². The SMILES string of the molecule is C#Cc1cccc(NS(=O)(=O)c2ccc(OC)c(NC(C)=O)c2)c1. The Morgan fingerprint density at radius 1 is 1.21 bits per heavy atom. The molecule has 2 aromatic rings. The van der Waals surface area contributed by atoms with Gasteiger partial charge in [-0.3, -0.25) is 9.52 Å². The lowest BCUT2D eigenvalue weighted by Gasteiger charge is -2.13. The van der Waals surface area contributed by atoms with Crippen LogP contribution in [0.1, 0.15) is 12.5 Å². The first kappa shape index (κ1) is 17.4. The van der Waals surface area contributed by atoms with Gasteiger partial charge in [0.1, 0.15) is 5.75 Å². The number of benzene rings is 2. The number of carbonyl (C=O) groups is 1. The van der Waals surface area contributed by atoms with Crippen molar-refractivity contribution in [2.24, 2.45) is 0 Å². The van der Waals surface area contributed by atoms with Gasteiger partial charge in [0.25, 0.3) is 10.0 Å². The van der Waals surface area contributed by atoms with Gasteiger partial charge in [0.05, 0.1) is 23.4 Å². The van der Waals surface area contributed by atoms with Crippen LogP contribution in [0.4, 0.5) is 11.4 Å². The fourth-order valence-electron chi connectivity index (χ4n) is 2.03. The Morgan fingerprint density at radius 2 is 1.96 bits per heavy atom. The number of hydrogen-bond donors (Lipinski definition) is 2. The maximum absolute atomic E-state index is 12.5. The van der Waals surface area contributed by atoms with E-state index in [4.69, 9.17) is 11.2 Å². The number of sulfonamides is 1. The fraction of sp³-hybridized carbons (Fsp3) is 0.118. The van der Waals surface area contributed by atoms with Crippen LogP contribution in [0.15, 0.2) is 47.4 Å². The van der Waals surface area contributed by atoms with Crippen molar-refractivity contribution in [1.82, 2.24) is 0 Å². The molecule has 0 aliphatic rings. The Hall–Kier alpha value is -2.98. The lowest BCUT2D eigenvalue weighted by Crippen LogP contribution is -2.14. The first-order valence-electron chi connectivity index (χ1n) is 6.91. The first-order chi connectivity index (χ1) is 11.4. The van der Waals surface area contributed by atoms with Gasteiger partial charge < -0.3 is 10.1 Å². The van der Waals surface area contributed by atoms with E-state index in [1.807, 2.05) is 0 Å². The number of amides is 1. The van der Waals surface area contributed by atoms with Crippen molar-refractivity contribution < 1.29 is 17.9 Å². The van der Waals surface area contributed by atoms with Crippen LogP contribution in [-0.4, -0.2) is 21.4 Å². The molecule has 0 saturated heterocycles. The summed E-state index contributed by atoms with van der Waals surface area (Å²) in [5.74, 6) is 2.46. The summed E-state index contributed by atoms with van der Waals surface area (Å²) in [7, 11) is -2.42. The highest BCUT2D eigenvalue weighted by molar-refractivity contribution is 7.92. The zero-order valence-corrected chi connectivity index (χ0v) is 14.0. The quantitative estimate of drug-likeness (QED) is 0.816. The lowest BCUT2D eigenvalue weighted by molar-refractivity contribution is -0.114. The van der Waals surface area contributed by atoms with E-state index < -0.39 is 10.0 Å². The van der Waals surface area contributed by atoms with Gasteiger partial charge in [-0.2, -0.15) is 0 Å². The summed E-state index contributed by atoms with van der Waals surface area (Å²) >= 11 is 0. The zero-order valence-electron chi connectivity index (χ0n) is 13.2. The largest absolute Gasteiger partial charge is 0.495 e. The second-order valence-corrected chi connectivity index (χ2v) is 6.56. The third kappa shape index (κ3) is 4.06. The molecule has 0 aliphatic heterocycles. The number of terminal acetylenes is 1. The van der Waals surface area contributed by atoms with E-state index in [1.165, 1.54) is 32.2 Å². The minimum absolute atomic E-state index is 0.0156. The summed E-state index contributed by atoms with van der Waals surface area (Å²) in [6, 6.07) is 10.7. The van der Waals surface area contributed by atoms with E-state index in [9.17, 15) is 13.2 Å². The highest BCUT2D eigenvalue weighted by Gasteiger charge is 2.17. The number of hydrogen-bond acceptors (Lipinski definition) is 4. The molecule has 0 bridgehead atoms. The van der Waals surface area contributed by atoms with Crippen LogP contribution < -0.4 is 14.8 Å². The standard InChI is InChI=1S/C17H16N2O4S/c1-4-13-6-5-7-14(10-13)19-24(21,22)15-8-9-17(23-3)16(11-15)18-12(2)20/h1,5-11,19H,2-3H3,(H,18,20). The molecule has 0 spiro atoms. The number of methoxy groups -OCH3 is 1. The van der Waals surface area contributed by atoms with Gasteiger partial charge in [0.2, 0.25) is 5.91 Å². The van der Waals surface area contributed by atoms with Crippen LogP contribution in [0.2, 0.25) is 0 Å². The lowest BCUT2D eigenvalue weighted by atomic mass is 10.2. The van der Waals surface area contributed by atoms with Crippen molar-refractivity contribution in [2.75, 3.05) is 17.1 Å². The van der Waals surface area contributed by atoms with Crippen molar-refractivity contribution in [3.8, 4) is 18.1 Å². The molecule has 0 unspecified atom stereocenters. The number of anilines is 2. The number of carbonyl (C=O) groups excluding carboxylic acids is 1. The molecule has 0 radical (unpaired) electrons. The molecule has 2 aromatic carbocycles. The molecule has 24 heavy (non-hydrogen) atoms. The van der Waals surface area contributed by atoms with Crippen LogP contribution in [0.5, 0.6) is 5.75 Å². The molecule has 2 rings (SSSR count). The second-order valence-electron chi connectivity index (χ2n) is 4.87. The van der Waals surface area contributed by atoms with Crippen LogP contribution >= 0.6 is 0 Å². The third-order valence-corrected chi connectivity index (χ3v) is 4.45. The van der Waals surface area contributed by atoms with Crippen molar-refractivity contribution in [2.45, 2.75) is 11.8 Å². The number of nitrogens with one attached hydrogen (secondary N) is 2. The average molecular weight is 344 g/mol. The molecule has 2 N–H and O–H groups in total. The molecule has 7 heteroatoms. The van der Waals surface area contributed by atoms with Crippen molar-refractivity contribution in [1.29, 1.82) is 0 Å². The van der Waals surface area contributed by atoms with E-state index in [1.54, 1.807) is 24.3 Å². The van der Waals surface area contributed by atoms with Gasteiger partial charge in [-0.25, -0.2) is 8.42 Å². The zero-order chi connectivity index (χ0) is 17.7. The maximum atomic E-state index is 12.5. The van der Waals surface area contributed by atoms with Crippen molar-refractivity contribution in [3.63, 3.8) is 0 Å². The Labute approximate surface area is 140 Å². The summed E-state index contributed by atoms with van der Waals surface area (Å²) in [4.78, 5) is 11.2. The Bertz CT molecular complexity index is 914. The summed E-state index contributed by atoms with van der Waals surface area (Å²) in [5.41, 5.74) is 1.18. The average Bonchev–Trinajstić information content (AvgIpc) is 2.54. The highest BCUT2D eigenvalue weighted by atomic mass is 32.2. The minimum atomic E-state index is -3.85. The van der Waals surface area contributed by atoms with E-state index in [2.05, 4.69) is 16.0 Å². The maximum Gasteiger partial charge on any atom is 0.261 e. The Morgan fingerprint density at radius 3 is 2.58 bits per heavy atom. The second kappa shape index (κ2) is 7.06. The molecule has 0 fully saturated rings. The topological polar surface area (TPSA) is 84.5 Å². The molecule has 124 valence electrons. The molecule has 0 atom stereocenters. The number of rotatable bonds is 5. The van der Waals surface area contributed by atoms with Crippen LogP contribution in [0.25, 0.3) is 0 Å². The van der Waals surface area contributed by atoms with E-state index in [-0.39, 0.29) is 16.5 Å². The monoisotopic (exact) mass is 344 g/mol. The van der Waals surface area contributed by atoms with Gasteiger partial charge in [0, 0.05) is 12.5 Å². The predicted octanol–water partition coefficient (Wildman–Crippen LogP) is 2.44. The molecule has 0 saturated carbocycles.